The molecule has 112 valence electrons. The number of aryl methyl sites for hydroxylation is 1. The summed E-state index contributed by atoms with van der Waals surface area (Å²) in [5.41, 5.74) is 1.21. The molecule has 0 spiro atoms. The first-order valence-corrected chi connectivity index (χ1v) is 8.29. The molecule has 0 aromatic carbocycles. The summed E-state index contributed by atoms with van der Waals surface area (Å²) in [6.45, 7) is 2.35. The maximum atomic E-state index is 12.2. The van der Waals surface area contributed by atoms with Gasteiger partial charge in [-0.2, -0.15) is 8.42 Å². The van der Waals surface area contributed by atoms with Gasteiger partial charge >= 0.3 is 0 Å². The minimum absolute atomic E-state index is 0.0791. The lowest BCUT2D eigenvalue weighted by Gasteiger charge is -2.06. The van der Waals surface area contributed by atoms with Crippen LogP contribution in [0.3, 0.4) is 0 Å². The molecule has 0 aliphatic heterocycles. The number of sulfonamides is 1. The van der Waals surface area contributed by atoms with Crippen molar-refractivity contribution < 1.29 is 12.8 Å². The van der Waals surface area contributed by atoms with Crippen LogP contribution in [0.5, 0.6) is 0 Å². The van der Waals surface area contributed by atoms with Gasteiger partial charge in [-0.1, -0.05) is 0 Å². The lowest BCUT2D eigenvalue weighted by Crippen LogP contribution is -2.15. The summed E-state index contributed by atoms with van der Waals surface area (Å²) in [5, 5.41) is 3.20. The molecule has 2 aromatic heterocycles. The zero-order valence-electron chi connectivity index (χ0n) is 11.7. The van der Waals surface area contributed by atoms with Crippen molar-refractivity contribution in [1.29, 1.82) is 0 Å². The summed E-state index contributed by atoms with van der Waals surface area (Å²) >= 11 is 0. The Kier molecular flexibility index (Phi) is 3.69. The van der Waals surface area contributed by atoms with Gasteiger partial charge in [0.1, 0.15) is 5.76 Å². The van der Waals surface area contributed by atoms with E-state index in [2.05, 4.69) is 15.0 Å². The monoisotopic (exact) mass is 307 g/mol. The van der Waals surface area contributed by atoms with Gasteiger partial charge in [-0.3, -0.25) is 9.71 Å². The van der Waals surface area contributed by atoms with Crippen LogP contribution >= 0.6 is 0 Å². The Bertz CT molecular complexity index is 735. The molecule has 2 N–H and O–H groups in total. The van der Waals surface area contributed by atoms with Crippen LogP contribution in [0.15, 0.2) is 40.0 Å². The molecule has 0 amide bonds. The summed E-state index contributed by atoms with van der Waals surface area (Å²) in [4.78, 5) is 4.03. The highest BCUT2D eigenvalue weighted by atomic mass is 32.2. The molecular formula is C14H17N3O3S. The first-order valence-electron chi connectivity index (χ1n) is 6.80. The molecule has 0 atom stereocenters. The summed E-state index contributed by atoms with van der Waals surface area (Å²) in [7, 11) is -3.70. The molecule has 3 rings (SSSR count). The summed E-state index contributed by atoms with van der Waals surface area (Å²) < 4.78 is 32.3. The van der Waals surface area contributed by atoms with Crippen LogP contribution in [0, 0.1) is 6.92 Å². The van der Waals surface area contributed by atoms with Crippen molar-refractivity contribution in [2.75, 3.05) is 4.72 Å². The van der Waals surface area contributed by atoms with E-state index >= 15 is 0 Å². The quantitative estimate of drug-likeness (QED) is 0.853. The zero-order valence-corrected chi connectivity index (χ0v) is 12.5. The molecule has 1 aliphatic rings. The number of aromatic nitrogens is 1. The van der Waals surface area contributed by atoms with Gasteiger partial charge in [0.05, 0.1) is 12.2 Å². The van der Waals surface area contributed by atoms with Crippen molar-refractivity contribution in [3.8, 4) is 0 Å². The largest absolute Gasteiger partial charge is 0.446 e. The second-order valence-corrected chi connectivity index (χ2v) is 6.78. The average molecular weight is 307 g/mol. The third-order valence-electron chi connectivity index (χ3n) is 3.19. The fourth-order valence-electron chi connectivity index (χ4n) is 1.94. The summed E-state index contributed by atoms with van der Waals surface area (Å²) in [6, 6.07) is 6.97. The van der Waals surface area contributed by atoms with Crippen LogP contribution in [-0.4, -0.2) is 19.4 Å². The third kappa shape index (κ3) is 3.62. The van der Waals surface area contributed by atoms with Crippen molar-refractivity contribution in [2.24, 2.45) is 0 Å². The van der Waals surface area contributed by atoms with Crippen molar-refractivity contribution >= 4 is 15.7 Å². The first kappa shape index (κ1) is 14.1. The lowest BCUT2D eigenvalue weighted by atomic mass is 10.3. The number of anilines is 1. The molecule has 0 saturated heterocycles. The summed E-state index contributed by atoms with van der Waals surface area (Å²) in [6.07, 6.45) is 3.91. The first-order chi connectivity index (χ1) is 10.0. The highest BCUT2D eigenvalue weighted by Gasteiger charge is 2.22. The van der Waals surface area contributed by atoms with E-state index in [-0.39, 0.29) is 5.09 Å². The number of rotatable bonds is 6. The Morgan fingerprint density at radius 3 is 2.86 bits per heavy atom. The van der Waals surface area contributed by atoms with Gasteiger partial charge < -0.3 is 9.73 Å². The molecule has 1 aliphatic carbocycles. The van der Waals surface area contributed by atoms with Crippen molar-refractivity contribution in [3.05, 3.63) is 41.9 Å². The maximum absolute atomic E-state index is 12.2. The van der Waals surface area contributed by atoms with Gasteiger partial charge in [0.15, 0.2) is 0 Å². The normalized spacial score (nSPS) is 15.1. The lowest BCUT2D eigenvalue weighted by molar-refractivity contribution is 0.403. The van der Waals surface area contributed by atoms with E-state index in [1.807, 2.05) is 0 Å². The number of hydrogen-bond acceptors (Lipinski definition) is 5. The predicted molar refractivity (Wildman–Crippen MR) is 78.4 cm³/mol. The minimum atomic E-state index is -3.70. The van der Waals surface area contributed by atoms with Gasteiger partial charge in [0.2, 0.25) is 5.09 Å². The van der Waals surface area contributed by atoms with Gasteiger partial charge in [-0.25, -0.2) is 0 Å². The number of furan rings is 1. The SMILES string of the molecule is Cc1cc(NS(=O)(=O)c2ccc(CNC3CC3)o2)ccn1. The molecular weight excluding hydrogens is 290 g/mol. The van der Waals surface area contributed by atoms with Crippen molar-refractivity contribution in [3.63, 3.8) is 0 Å². The van der Waals surface area contributed by atoms with Crippen molar-refractivity contribution in [1.82, 2.24) is 10.3 Å². The minimum Gasteiger partial charge on any atom is -0.446 e. The number of hydrogen-bond donors (Lipinski definition) is 2. The molecule has 2 heterocycles. The molecule has 7 heteroatoms. The third-order valence-corrected chi connectivity index (χ3v) is 4.45. The molecule has 0 unspecified atom stereocenters. The Hall–Kier alpha value is -1.86. The van der Waals surface area contributed by atoms with E-state index in [9.17, 15) is 8.42 Å². The fraction of sp³-hybridized carbons (Fsp3) is 0.357. The Balaban J connectivity index is 1.71. The summed E-state index contributed by atoms with van der Waals surface area (Å²) in [5.74, 6) is 0.619. The Morgan fingerprint density at radius 2 is 2.14 bits per heavy atom. The van der Waals surface area contributed by atoms with E-state index in [0.29, 0.717) is 24.0 Å². The van der Waals surface area contributed by atoms with Crippen LogP contribution in [0.1, 0.15) is 24.3 Å². The molecule has 0 radical (unpaired) electrons. The predicted octanol–water partition coefficient (Wildman–Crippen LogP) is 2.04. The number of pyridine rings is 1. The highest BCUT2D eigenvalue weighted by molar-refractivity contribution is 7.92. The molecule has 0 bridgehead atoms. The van der Waals surface area contributed by atoms with Gasteiger partial charge in [-0.05, 0) is 44.0 Å². The van der Waals surface area contributed by atoms with Crippen LogP contribution in [0.25, 0.3) is 0 Å². The standard InChI is InChI=1S/C14H17N3O3S/c1-10-8-12(6-7-15-10)17-21(18,19)14-5-4-13(20-14)9-16-11-2-3-11/h4-8,11,16H,2-3,9H2,1H3,(H,15,17). The number of nitrogens with zero attached hydrogens (tertiary/aromatic N) is 1. The Morgan fingerprint density at radius 1 is 1.33 bits per heavy atom. The maximum Gasteiger partial charge on any atom is 0.295 e. The number of nitrogens with one attached hydrogen (secondary N) is 2. The molecule has 1 fully saturated rings. The van der Waals surface area contributed by atoms with Gasteiger partial charge in [0, 0.05) is 17.9 Å². The smallest absolute Gasteiger partial charge is 0.295 e. The van der Waals surface area contributed by atoms with E-state index in [1.165, 1.54) is 18.9 Å². The zero-order chi connectivity index (χ0) is 14.9. The van der Waals surface area contributed by atoms with Crippen LogP contribution in [-0.2, 0) is 16.6 Å². The van der Waals surface area contributed by atoms with Crippen LogP contribution < -0.4 is 10.0 Å². The average Bonchev–Trinajstić information content (AvgIpc) is 3.12. The van der Waals surface area contributed by atoms with E-state index in [0.717, 1.165) is 5.69 Å². The molecule has 2 aromatic rings. The van der Waals surface area contributed by atoms with E-state index < -0.39 is 10.0 Å². The highest BCUT2D eigenvalue weighted by Crippen LogP contribution is 2.21. The second kappa shape index (κ2) is 5.50. The molecule has 6 nitrogen and oxygen atoms in total. The van der Waals surface area contributed by atoms with E-state index in [1.54, 1.807) is 31.3 Å². The van der Waals surface area contributed by atoms with Crippen LogP contribution in [0.2, 0.25) is 0 Å². The Labute approximate surface area is 123 Å². The fourth-order valence-corrected chi connectivity index (χ4v) is 2.95. The second-order valence-electron chi connectivity index (χ2n) is 5.17. The van der Waals surface area contributed by atoms with E-state index in [4.69, 9.17) is 4.42 Å². The topological polar surface area (TPSA) is 84.2 Å². The van der Waals surface area contributed by atoms with Gasteiger partial charge in [-0.15, -0.1) is 0 Å². The van der Waals surface area contributed by atoms with Gasteiger partial charge in [0.25, 0.3) is 10.0 Å². The molecule has 1 saturated carbocycles. The molecule has 21 heavy (non-hydrogen) atoms. The van der Waals surface area contributed by atoms with Crippen LogP contribution in [0.4, 0.5) is 5.69 Å². The van der Waals surface area contributed by atoms with Crippen molar-refractivity contribution in [2.45, 2.75) is 37.4 Å².